The largest absolute Gasteiger partial charge is 0.494 e. The monoisotopic (exact) mass is 1890 g/mol. The minimum atomic E-state index is 0.0767. The van der Waals surface area contributed by atoms with Crippen molar-refractivity contribution >= 4 is 77.7 Å². The Bertz CT molecular complexity index is 7740. The molecule has 1 aliphatic heterocycles. The van der Waals surface area contributed by atoms with E-state index in [1.165, 1.54) is 198 Å². The third kappa shape index (κ3) is 20.7. The van der Waals surface area contributed by atoms with Gasteiger partial charge >= 0.3 is 0 Å². The number of aryl methyl sites for hydroxylation is 2. The molecule has 18 aromatic carbocycles. The van der Waals surface area contributed by atoms with Crippen LogP contribution in [0.5, 0.6) is 5.75 Å². The van der Waals surface area contributed by atoms with Gasteiger partial charge in [0.25, 0.3) is 0 Å². The van der Waals surface area contributed by atoms with Crippen molar-refractivity contribution in [2.75, 3.05) is 29.6 Å². The molecule has 20 aromatic rings. The number of rotatable bonds is 31. The summed E-state index contributed by atoms with van der Waals surface area (Å²) in [5, 5.41) is 4.99. The van der Waals surface area contributed by atoms with Crippen LogP contribution in [-0.2, 0) is 28.4 Å². The molecule has 0 saturated carbocycles. The van der Waals surface area contributed by atoms with Gasteiger partial charge in [-0.25, -0.2) is 0 Å². The van der Waals surface area contributed by atoms with Gasteiger partial charge in [0, 0.05) is 72.5 Å². The summed E-state index contributed by atoms with van der Waals surface area (Å²) in [6.45, 7) is 28.0. The average molecular weight is 1890 g/mol. The van der Waals surface area contributed by atoms with E-state index in [0.717, 1.165) is 91.8 Å². The molecule has 3 heterocycles. The van der Waals surface area contributed by atoms with Crippen LogP contribution in [0.1, 0.15) is 196 Å². The lowest BCUT2D eigenvalue weighted by Gasteiger charge is -2.41. The second kappa shape index (κ2) is 42.1. The van der Waals surface area contributed by atoms with E-state index >= 15 is 0 Å². The molecular weight excluding hydrogens is 1760 g/mol. The molecule has 0 radical (unpaired) electrons. The van der Waals surface area contributed by atoms with Crippen molar-refractivity contribution in [2.45, 2.75) is 175 Å². The standard InChI is InChI=1S/C72H64N2.C67H70N2O2/c1-6-50(52-21-23-53(24-22-52)54-25-27-55(28-26-54)59-31-29-56-30-32-60(56)46-59)45-49(2)51-17-19-57(20-18-51)61-35-43-70-68(47-61)69-48-62(36-44-71(69)74(70)67-41-37-63(38-42-67)72(3,4)5)58-33-39-66(40-34-58)73(64-13-9-7-10-14-64)65-15-11-8-12-16-65;1-7-49(51-27-37-61(38-28-51)71-42-16-15-41-67(8-2)46-70-47-67)43-48(3)50-21-23-52(24-22-50)54-29-39-64-62(44-54)63-45-55(30-40-65(63)69(64)60-35-31-56(32-36-60)66(4,5)6)53-25-33-59(34-26-53)68(57-17-11-9-12-18-57)58-19-13-10-14-20-58/h7-29,31,33-44,46-50H,6,30,32,45H2,1-5H3;9-14,17-40,44-45,48-49H,7-8,15-16,41-43,46-47H2,1-6H3. The van der Waals surface area contributed by atoms with Gasteiger partial charge in [-0.1, -0.05) is 349 Å². The van der Waals surface area contributed by atoms with Gasteiger partial charge in [-0.15, -0.1) is 0 Å². The molecule has 0 bridgehead atoms. The van der Waals surface area contributed by atoms with Gasteiger partial charge in [-0.05, 0) is 368 Å². The van der Waals surface area contributed by atoms with Crippen LogP contribution < -0.4 is 14.5 Å². The number of ether oxygens (including phenoxy) is 2. The molecule has 2 aromatic heterocycles. The van der Waals surface area contributed by atoms with E-state index < -0.39 is 0 Å². The summed E-state index contributed by atoms with van der Waals surface area (Å²) in [7, 11) is 0. The molecule has 0 N–H and O–H groups in total. The summed E-state index contributed by atoms with van der Waals surface area (Å²) in [4.78, 5) is 4.63. The lowest BCUT2D eigenvalue weighted by atomic mass is 9.78. The van der Waals surface area contributed by atoms with Crippen LogP contribution in [0.2, 0.25) is 0 Å². The Morgan fingerprint density at radius 1 is 0.297 bits per heavy atom. The molecule has 1 aliphatic carbocycles. The summed E-state index contributed by atoms with van der Waals surface area (Å²) >= 11 is 0. The molecule has 22 rings (SSSR count). The Hall–Kier alpha value is -15.1. The summed E-state index contributed by atoms with van der Waals surface area (Å²) in [6.07, 6.45) is 11.6. The molecule has 0 spiro atoms. The van der Waals surface area contributed by atoms with Gasteiger partial charge in [0.2, 0.25) is 0 Å². The predicted octanol–water partition coefficient (Wildman–Crippen LogP) is 38.6. The fraction of sp³-hybridized carbons (Fsp3) is 0.223. The summed E-state index contributed by atoms with van der Waals surface area (Å²) < 4.78 is 16.6. The van der Waals surface area contributed by atoms with E-state index in [-0.39, 0.29) is 10.8 Å². The van der Waals surface area contributed by atoms with E-state index in [9.17, 15) is 0 Å². The number of anilines is 6. The van der Waals surface area contributed by atoms with Gasteiger partial charge in [0.1, 0.15) is 5.75 Å². The zero-order valence-corrected chi connectivity index (χ0v) is 86.1. The van der Waals surface area contributed by atoms with Gasteiger partial charge in [-0.2, -0.15) is 0 Å². The normalized spacial score (nSPS) is 13.7. The van der Waals surface area contributed by atoms with Crippen molar-refractivity contribution in [1.82, 2.24) is 9.13 Å². The Labute approximate surface area is 859 Å². The molecule has 0 amide bonds. The number of unbranched alkanes of at least 4 members (excludes halogenated alkanes) is 1. The Morgan fingerprint density at radius 2 is 0.586 bits per heavy atom. The Balaban J connectivity index is 0.000000171. The third-order valence-electron chi connectivity index (χ3n) is 31.5. The Morgan fingerprint density at radius 3 is 0.890 bits per heavy atom. The molecule has 6 heteroatoms. The average Bonchev–Trinajstić information content (AvgIpc) is 1.59. The lowest BCUT2D eigenvalue weighted by molar-refractivity contribution is -0.120. The van der Waals surface area contributed by atoms with Crippen molar-refractivity contribution in [2.24, 2.45) is 5.41 Å². The zero-order chi connectivity index (χ0) is 99.3. The summed E-state index contributed by atoms with van der Waals surface area (Å²) in [5.41, 5.74) is 40.6. The number of aromatic nitrogens is 2. The summed E-state index contributed by atoms with van der Waals surface area (Å²) in [5.74, 6) is 2.80. The topological polar surface area (TPSA) is 34.8 Å². The second-order valence-electron chi connectivity index (χ2n) is 42.9. The molecular formula is C139H134N4O2. The minimum Gasteiger partial charge on any atom is -0.494 e. The minimum absolute atomic E-state index is 0.0767. The first kappa shape index (κ1) is 96.1. The van der Waals surface area contributed by atoms with Crippen molar-refractivity contribution < 1.29 is 9.47 Å². The van der Waals surface area contributed by atoms with Crippen LogP contribution >= 0.6 is 0 Å². The fourth-order valence-corrected chi connectivity index (χ4v) is 22.3. The molecule has 1 fully saturated rings. The Kier molecular flexibility index (Phi) is 27.9. The quantitative estimate of drug-likeness (QED) is 0.0406. The number of hydrogen-bond donors (Lipinski definition) is 0. The molecule has 6 nitrogen and oxygen atoms in total. The van der Waals surface area contributed by atoms with Crippen molar-refractivity contribution in [3.63, 3.8) is 0 Å². The maximum Gasteiger partial charge on any atom is 0.119 e. The van der Waals surface area contributed by atoms with Gasteiger partial charge < -0.3 is 28.4 Å². The number of para-hydroxylation sites is 4. The van der Waals surface area contributed by atoms with Gasteiger partial charge in [0.15, 0.2) is 0 Å². The molecule has 4 atom stereocenters. The first-order chi connectivity index (χ1) is 70.7. The van der Waals surface area contributed by atoms with E-state index in [4.69, 9.17) is 9.47 Å². The van der Waals surface area contributed by atoms with E-state index in [1.807, 2.05) is 0 Å². The first-order valence-electron chi connectivity index (χ1n) is 53.0. The zero-order valence-electron chi connectivity index (χ0n) is 86.1. The van der Waals surface area contributed by atoms with Crippen molar-refractivity contribution in [3.05, 3.63) is 475 Å². The first-order valence-corrected chi connectivity index (χ1v) is 53.0. The number of hydrogen-bond acceptors (Lipinski definition) is 4. The van der Waals surface area contributed by atoms with E-state index in [0.29, 0.717) is 29.1 Å². The third-order valence-corrected chi connectivity index (χ3v) is 31.5. The fourth-order valence-electron chi connectivity index (χ4n) is 22.3. The maximum atomic E-state index is 6.18. The number of nitrogens with zero attached hydrogens (tertiary/aromatic N) is 4. The van der Waals surface area contributed by atoms with Crippen molar-refractivity contribution in [1.29, 1.82) is 0 Å². The van der Waals surface area contributed by atoms with Crippen LogP contribution in [-0.4, -0.2) is 29.0 Å². The van der Waals surface area contributed by atoms with Crippen LogP contribution in [0.15, 0.2) is 431 Å². The molecule has 722 valence electrons. The van der Waals surface area contributed by atoms with Crippen LogP contribution in [0, 0.1) is 5.41 Å². The lowest BCUT2D eigenvalue weighted by Crippen LogP contribution is -2.41. The van der Waals surface area contributed by atoms with Crippen LogP contribution in [0.4, 0.5) is 34.1 Å². The number of fused-ring (bicyclic) bond motifs is 7. The highest BCUT2D eigenvalue weighted by atomic mass is 16.5. The molecule has 1 saturated heterocycles. The van der Waals surface area contributed by atoms with Crippen molar-refractivity contribution in [3.8, 4) is 83.9 Å². The molecule has 2 aliphatic rings. The van der Waals surface area contributed by atoms with E-state index in [1.54, 1.807) is 0 Å². The smallest absolute Gasteiger partial charge is 0.119 e. The highest BCUT2D eigenvalue weighted by molar-refractivity contribution is 6.13. The maximum absolute atomic E-state index is 6.18. The van der Waals surface area contributed by atoms with Gasteiger partial charge in [0.05, 0.1) is 41.9 Å². The van der Waals surface area contributed by atoms with E-state index in [2.05, 4.69) is 526 Å². The predicted molar refractivity (Wildman–Crippen MR) is 616 cm³/mol. The molecule has 4 unspecified atom stereocenters. The van der Waals surface area contributed by atoms with Gasteiger partial charge in [-0.3, -0.25) is 0 Å². The highest BCUT2D eigenvalue weighted by Gasteiger charge is 2.36. The highest BCUT2D eigenvalue weighted by Crippen LogP contribution is 2.47. The van der Waals surface area contributed by atoms with Crippen LogP contribution in [0.3, 0.4) is 0 Å². The summed E-state index contributed by atoms with van der Waals surface area (Å²) in [6, 6.07) is 160. The number of benzene rings is 18. The van der Waals surface area contributed by atoms with Crippen LogP contribution in [0.25, 0.3) is 122 Å². The second-order valence-corrected chi connectivity index (χ2v) is 42.9. The molecule has 145 heavy (non-hydrogen) atoms. The SMILES string of the molecule is CCC(CC(C)c1ccc(-c2ccc3c(c2)c2cc(-c4ccc(N(c5ccccc5)c5ccccc5)cc4)ccc2n3-c2ccc(C(C)(C)C)cc2)cc1)c1ccc(-c2ccc(-c3ccc4c(c3)CC4)cc2)cc1.CCC(CC(C)c1ccc(-c2ccc3c(c2)c2cc(-c4ccc(N(c5ccccc5)c5ccccc5)cc4)ccc2n3-c2ccc(C(C)(C)C)cc2)cc1)c1ccc(OCCCCC2(CC)COC2)cc1.